The summed E-state index contributed by atoms with van der Waals surface area (Å²) in [5.41, 5.74) is -0.117. The quantitative estimate of drug-likeness (QED) is 0.564. The van der Waals surface area contributed by atoms with E-state index in [0.29, 0.717) is 23.2 Å². The van der Waals surface area contributed by atoms with Gasteiger partial charge in [0, 0.05) is 24.5 Å². The number of nitrogens with zero attached hydrogens (tertiary/aromatic N) is 3. The molecule has 2 heterocycles. The number of halogens is 3. The van der Waals surface area contributed by atoms with Crippen molar-refractivity contribution in [2.75, 3.05) is 25.0 Å². The second kappa shape index (κ2) is 10.0. The number of alkyl halides is 3. The molecule has 1 aromatic heterocycles. The van der Waals surface area contributed by atoms with Crippen molar-refractivity contribution in [3.8, 4) is 0 Å². The fourth-order valence-electron chi connectivity index (χ4n) is 5.08. The van der Waals surface area contributed by atoms with Crippen molar-refractivity contribution in [3.63, 3.8) is 0 Å². The molecule has 1 aromatic carbocycles. The molecule has 0 bridgehead atoms. The highest BCUT2D eigenvalue weighted by Crippen LogP contribution is 2.34. The van der Waals surface area contributed by atoms with Crippen LogP contribution in [0.25, 0.3) is 10.9 Å². The number of hydrogen-bond donors (Lipinski definition) is 3. The molecule has 1 amide bonds. The van der Waals surface area contributed by atoms with Crippen molar-refractivity contribution < 1.29 is 23.1 Å². The Labute approximate surface area is 197 Å². The van der Waals surface area contributed by atoms with Crippen LogP contribution in [-0.2, 0) is 11.0 Å². The standard InChI is InChI=1S/C24H32F3N5O2/c1-14(2)23(34)15-3-6-18(7-4-15)32-12-17(13-32)30-22(33)11-28-21-10-29-31-20-8-5-16(9-19(20)21)24(25,26)27/h5,8-10,14-15,17-18,23,34H,3-4,6-7,11-13H2,1-2H3,(H,28,31)(H,30,33)/t15-,18-,23?. The van der Waals surface area contributed by atoms with E-state index in [0.717, 1.165) is 50.9 Å². The summed E-state index contributed by atoms with van der Waals surface area (Å²) in [6.07, 6.45) is 0.835. The second-order valence-electron chi connectivity index (χ2n) is 9.86. The van der Waals surface area contributed by atoms with Gasteiger partial charge in [0.2, 0.25) is 5.91 Å². The summed E-state index contributed by atoms with van der Waals surface area (Å²) in [5, 5.41) is 24.1. The van der Waals surface area contributed by atoms with Crippen LogP contribution in [-0.4, -0.2) is 63.9 Å². The Morgan fingerprint density at radius 2 is 1.91 bits per heavy atom. The molecule has 10 heteroatoms. The average molecular weight is 480 g/mol. The molecule has 1 saturated heterocycles. The smallest absolute Gasteiger partial charge is 0.393 e. The van der Waals surface area contributed by atoms with Gasteiger partial charge in [-0.1, -0.05) is 13.8 Å². The SMILES string of the molecule is CC(C)C(O)[C@H]1CC[C@H](N2CC(NC(=O)CNc3cnnc4ccc(C(F)(F)F)cc34)C2)CC1. The Bertz CT molecular complexity index is 1000. The number of aliphatic hydroxyl groups is 1. The number of rotatable bonds is 7. The Morgan fingerprint density at radius 3 is 2.56 bits per heavy atom. The molecule has 1 aliphatic heterocycles. The molecule has 1 unspecified atom stereocenters. The molecule has 7 nitrogen and oxygen atoms in total. The normalized spacial score (nSPS) is 23.0. The zero-order chi connectivity index (χ0) is 24.5. The first-order chi connectivity index (χ1) is 16.1. The average Bonchev–Trinajstić information content (AvgIpc) is 2.78. The van der Waals surface area contributed by atoms with Gasteiger partial charge in [-0.2, -0.15) is 23.4 Å². The maximum Gasteiger partial charge on any atom is 0.416 e. The zero-order valence-corrected chi connectivity index (χ0v) is 19.5. The number of carbonyl (C=O) groups excluding carboxylic acids is 1. The monoisotopic (exact) mass is 479 g/mol. The van der Waals surface area contributed by atoms with Crippen LogP contribution < -0.4 is 10.6 Å². The maximum atomic E-state index is 13.1. The largest absolute Gasteiger partial charge is 0.416 e. The number of aromatic nitrogens is 2. The molecule has 2 fully saturated rings. The fraction of sp³-hybridized carbons (Fsp3) is 0.625. The minimum atomic E-state index is -4.46. The molecule has 1 atom stereocenters. The third kappa shape index (κ3) is 5.60. The number of amides is 1. The van der Waals surface area contributed by atoms with Gasteiger partial charge >= 0.3 is 6.18 Å². The van der Waals surface area contributed by atoms with E-state index in [4.69, 9.17) is 0 Å². The molecule has 0 spiro atoms. The highest BCUT2D eigenvalue weighted by atomic mass is 19.4. The van der Waals surface area contributed by atoms with E-state index in [1.165, 1.54) is 12.3 Å². The molecule has 4 rings (SSSR count). The summed E-state index contributed by atoms with van der Waals surface area (Å²) in [7, 11) is 0. The van der Waals surface area contributed by atoms with E-state index >= 15 is 0 Å². The molecule has 2 aliphatic rings. The number of aliphatic hydroxyl groups excluding tert-OH is 1. The van der Waals surface area contributed by atoms with E-state index in [1.54, 1.807) is 0 Å². The van der Waals surface area contributed by atoms with E-state index in [1.807, 2.05) is 0 Å². The Kier molecular flexibility index (Phi) is 7.28. The van der Waals surface area contributed by atoms with Crippen LogP contribution in [0.2, 0.25) is 0 Å². The van der Waals surface area contributed by atoms with Crippen molar-refractivity contribution in [1.82, 2.24) is 20.4 Å². The number of nitrogens with one attached hydrogen (secondary N) is 2. The molecule has 1 aliphatic carbocycles. The number of fused-ring (bicyclic) bond motifs is 1. The second-order valence-corrected chi connectivity index (χ2v) is 9.86. The van der Waals surface area contributed by atoms with Crippen LogP contribution in [0.3, 0.4) is 0 Å². The van der Waals surface area contributed by atoms with Gasteiger partial charge < -0.3 is 15.7 Å². The van der Waals surface area contributed by atoms with Crippen molar-refractivity contribution in [1.29, 1.82) is 0 Å². The number of anilines is 1. The third-order valence-electron chi connectivity index (χ3n) is 7.10. The van der Waals surface area contributed by atoms with E-state index in [9.17, 15) is 23.1 Å². The van der Waals surface area contributed by atoms with Gasteiger partial charge in [-0.25, -0.2) is 0 Å². The highest BCUT2D eigenvalue weighted by Gasteiger charge is 2.36. The highest BCUT2D eigenvalue weighted by molar-refractivity contribution is 5.92. The number of hydrogen-bond acceptors (Lipinski definition) is 6. The Morgan fingerprint density at radius 1 is 1.21 bits per heavy atom. The Balaban J connectivity index is 1.24. The van der Waals surface area contributed by atoms with Gasteiger partial charge in [0.25, 0.3) is 0 Å². The summed E-state index contributed by atoms with van der Waals surface area (Å²) >= 11 is 0. The lowest BCUT2D eigenvalue weighted by Gasteiger charge is -2.47. The van der Waals surface area contributed by atoms with Crippen LogP contribution in [0.5, 0.6) is 0 Å². The molecular weight excluding hydrogens is 447 g/mol. The van der Waals surface area contributed by atoms with Crippen molar-refractivity contribution in [2.24, 2.45) is 11.8 Å². The van der Waals surface area contributed by atoms with Crippen molar-refractivity contribution >= 4 is 22.5 Å². The van der Waals surface area contributed by atoms with E-state index < -0.39 is 11.7 Å². The lowest BCUT2D eigenvalue weighted by Crippen LogP contribution is -2.63. The first kappa shape index (κ1) is 24.7. The van der Waals surface area contributed by atoms with Gasteiger partial charge in [0.05, 0.1) is 41.7 Å². The first-order valence-electron chi connectivity index (χ1n) is 11.9. The molecule has 186 valence electrons. The summed E-state index contributed by atoms with van der Waals surface area (Å²) in [6, 6.07) is 3.82. The van der Waals surface area contributed by atoms with E-state index in [-0.39, 0.29) is 35.9 Å². The summed E-state index contributed by atoms with van der Waals surface area (Å²) < 4.78 is 39.2. The summed E-state index contributed by atoms with van der Waals surface area (Å²) in [6.45, 7) is 5.64. The minimum Gasteiger partial charge on any atom is -0.393 e. The van der Waals surface area contributed by atoms with Gasteiger partial charge in [-0.15, -0.1) is 0 Å². The van der Waals surface area contributed by atoms with Crippen molar-refractivity contribution in [2.45, 2.75) is 63.9 Å². The van der Waals surface area contributed by atoms with Crippen molar-refractivity contribution in [3.05, 3.63) is 30.0 Å². The third-order valence-corrected chi connectivity index (χ3v) is 7.10. The van der Waals surface area contributed by atoms with Gasteiger partial charge in [-0.05, 0) is 55.7 Å². The molecule has 34 heavy (non-hydrogen) atoms. The van der Waals surface area contributed by atoms with Crippen LogP contribution in [0.1, 0.15) is 45.1 Å². The van der Waals surface area contributed by atoms with Gasteiger partial charge in [-0.3, -0.25) is 9.69 Å². The lowest BCUT2D eigenvalue weighted by molar-refractivity contribution is -0.137. The fourth-order valence-corrected chi connectivity index (χ4v) is 5.08. The summed E-state index contributed by atoms with van der Waals surface area (Å²) in [4.78, 5) is 14.8. The topological polar surface area (TPSA) is 90.4 Å². The predicted octanol–water partition coefficient (Wildman–Crippen LogP) is 3.44. The molecule has 3 N–H and O–H groups in total. The van der Waals surface area contributed by atoms with Crippen LogP contribution in [0.4, 0.5) is 18.9 Å². The minimum absolute atomic E-state index is 0.0638. The first-order valence-corrected chi connectivity index (χ1v) is 11.9. The number of likely N-dealkylation sites (tertiary alicyclic amines) is 1. The zero-order valence-electron chi connectivity index (χ0n) is 19.5. The molecule has 2 aromatic rings. The lowest BCUT2D eigenvalue weighted by atomic mass is 9.78. The summed E-state index contributed by atoms with van der Waals surface area (Å²) in [5.74, 6) is 0.446. The molecule has 1 saturated carbocycles. The van der Waals surface area contributed by atoms with Crippen LogP contribution >= 0.6 is 0 Å². The van der Waals surface area contributed by atoms with E-state index in [2.05, 4.69) is 39.6 Å². The number of benzene rings is 1. The van der Waals surface area contributed by atoms with Crippen LogP contribution in [0, 0.1) is 11.8 Å². The number of carbonyl (C=O) groups is 1. The Hall–Kier alpha value is -2.46. The molecular formula is C24H32F3N5O2. The van der Waals surface area contributed by atoms with Crippen LogP contribution in [0.15, 0.2) is 24.4 Å². The molecule has 0 radical (unpaired) electrons. The van der Waals surface area contributed by atoms with Gasteiger partial charge in [0.1, 0.15) is 0 Å². The van der Waals surface area contributed by atoms with Gasteiger partial charge in [0.15, 0.2) is 0 Å². The maximum absolute atomic E-state index is 13.1. The predicted molar refractivity (Wildman–Crippen MR) is 123 cm³/mol.